The van der Waals surface area contributed by atoms with Crippen LogP contribution < -0.4 is 19.1 Å². The molecule has 0 spiro atoms. The smallest absolute Gasteiger partial charge is 0.244 e. The molecule has 10 heteroatoms. The number of ether oxygens (including phenoxy) is 2. The molecule has 1 aliphatic rings. The topological polar surface area (TPSA) is 105 Å². The molecule has 1 N–H and O–H groups in total. The molecule has 1 atom stereocenters. The number of sulfonamides is 1. The summed E-state index contributed by atoms with van der Waals surface area (Å²) in [5, 5.41) is 3.10. The Morgan fingerprint density at radius 2 is 1.65 bits per heavy atom. The highest BCUT2D eigenvalue weighted by molar-refractivity contribution is 7.92. The highest BCUT2D eigenvalue weighted by Gasteiger charge is 2.33. The minimum atomic E-state index is -3.82. The molecule has 1 unspecified atom stereocenters. The van der Waals surface area contributed by atoms with E-state index >= 15 is 0 Å². The monoisotopic (exact) mass is 531 g/mol. The number of methoxy groups -OCH3 is 2. The van der Waals surface area contributed by atoms with Gasteiger partial charge in [0.25, 0.3) is 0 Å². The van der Waals surface area contributed by atoms with Gasteiger partial charge >= 0.3 is 0 Å². The third-order valence-electron chi connectivity index (χ3n) is 6.60. The Kier molecular flexibility index (Phi) is 9.79. The maximum atomic E-state index is 13.8. The fraction of sp³-hybridized carbons (Fsp3) is 0.481. The van der Waals surface area contributed by atoms with E-state index in [0.29, 0.717) is 23.6 Å². The standard InChI is InChI=1S/C27H37N3O6S/c1-5-25(27(32)28-21-11-6-7-12-21)29(18-20-10-8-14-23(16-20)35-2)26(31)19-30(37(4,33)34)22-13-9-15-24(17-22)36-3/h8-10,13-17,21,25H,5-7,11-12,18-19H2,1-4H3,(H,28,32). The van der Waals surface area contributed by atoms with E-state index in [0.717, 1.165) is 41.8 Å². The van der Waals surface area contributed by atoms with E-state index < -0.39 is 28.5 Å². The Balaban J connectivity index is 1.94. The molecule has 2 aromatic rings. The molecule has 0 saturated heterocycles. The van der Waals surface area contributed by atoms with E-state index in [2.05, 4.69) is 5.32 Å². The van der Waals surface area contributed by atoms with Crippen LogP contribution >= 0.6 is 0 Å². The highest BCUT2D eigenvalue weighted by atomic mass is 32.2. The summed E-state index contributed by atoms with van der Waals surface area (Å²) in [6.45, 7) is 1.52. The predicted octanol–water partition coefficient (Wildman–Crippen LogP) is 3.34. The molecule has 202 valence electrons. The van der Waals surface area contributed by atoms with Gasteiger partial charge in [0, 0.05) is 18.7 Å². The number of anilines is 1. The highest BCUT2D eigenvalue weighted by Crippen LogP contribution is 2.25. The number of carbonyl (C=O) groups excluding carboxylic acids is 2. The van der Waals surface area contributed by atoms with Gasteiger partial charge in [-0.05, 0) is 49.1 Å². The quantitative estimate of drug-likeness (QED) is 0.451. The zero-order valence-electron chi connectivity index (χ0n) is 22.0. The van der Waals surface area contributed by atoms with Crippen LogP contribution in [-0.4, -0.2) is 64.2 Å². The molecule has 2 aromatic carbocycles. The lowest BCUT2D eigenvalue weighted by molar-refractivity contribution is -0.140. The van der Waals surface area contributed by atoms with Crippen LogP contribution in [0.25, 0.3) is 0 Å². The summed E-state index contributed by atoms with van der Waals surface area (Å²) in [6, 6.07) is 13.1. The van der Waals surface area contributed by atoms with Crippen molar-refractivity contribution in [3.8, 4) is 11.5 Å². The van der Waals surface area contributed by atoms with Crippen LogP contribution in [0.15, 0.2) is 48.5 Å². The third kappa shape index (κ3) is 7.61. The van der Waals surface area contributed by atoms with Crippen molar-refractivity contribution in [3.05, 3.63) is 54.1 Å². The summed E-state index contributed by atoms with van der Waals surface area (Å²) in [6.07, 6.45) is 5.41. The third-order valence-corrected chi connectivity index (χ3v) is 7.74. The molecule has 1 fully saturated rings. The van der Waals surface area contributed by atoms with Gasteiger partial charge < -0.3 is 19.7 Å². The summed E-state index contributed by atoms with van der Waals surface area (Å²) >= 11 is 0. The SMILES string of the molecule is CCC(C(=O)NC1CCCC1)N(Cc1cccc(OC)c1)C(=O)CN(c1cccc(OC)c1)S(C)(=O)=O. The summed E-state index contributed by atoms with van der Waals surface area (Å²) in [7, 11) is -0.771. The van der Waals surface area contributed by atoms with Crippen LogP contribution in [0.1, 0.15) is 44.6 Å². The van der Waals surface area contributed by atoms with Gasteiger partial charge in [-0.3, -0.25) is 13.9 Å². The largest absolute Gasteiger partial charge is 0.497 e. The summed E-state index contributed by atoms with van der Waals surface area (Å²) < 4.78 is 37.1. The summed E-state index contributed by atoms with van der Waals surface area (Å²) in [4.78, 5) is 28.6. The number of benzene rings is 2. The molecule has 0 aliphatic heterocycles. The second-order valence-electron chi connectivity index (χ2n) is 9.26. The lowest BCUT2D eigenvalue weighted by atomic mass is 10.1. The van der Waals surface area contributed by atoms with Crippen LogP contribution in [-0.2, 0) is 26.2 Å². The maximum absolute atomic E-state index is 13.8. The van der Waals surface area contributed by atoms with Gasteiger partial charge in [-0.15, -0.1) is 0 Å². The fourth-order valence-electron chi connectivity index (χ4n) is 4.63. The van der Waals surface area contributed by atoms with Gasteiger partial charge in [-0.1, -0.05) is 38.0 Å². The van der Waals surface area contributed by atoms with E-state index in [1.807, 2.05) is 19.1 Å². The van der Waals surface area contributed by atoms with Gasteiger partial charge in [0.05, 0.1) is 26.2 Å². The van der Waals surface area contributed by atoms with Crippen LogP contribution in [0.3, 0.4) is 0 Å². The van der Waals surface area contributed by atoms with Crippen LogP contribution in [0.5, 0.6) is 11.5 Å². The molecular formula is C27H37N3O6S. The van der Waals surface area contributed by atoms with Crippen molar-refractivity contribution < 1.29 is 27.5 Å². The lowest BCUT2D eigenvalue weighted by Gasteiger charge is -2.33. The number of hydrogen-bond donors (Lipinski definition) is 1. The average Bonchev–Trinajstić information content (AvgIpc) is 3.39. The normalized spacial score (nSPS) is 14.6. The molecule has 37 heavy (non-hydrogen) atoms. The first-order valence-electron chi connectivity index (χ1n) is 12.5. The number of hydrogen-bond acceptors (Lipinski definition) is 6. The van der Waals surface area contributed by atoms with Gasteiger partial charge in [-0.2, -0.15) is 0 Å². The molecule has 9 nitrogen and oxygen atoms in total. The molecule has 2 amide bonds. The van der Waals surface area contributed by atoms with Gasteiger partial charge in [0.1, 0.15) is 24.1 Å². The molecular weight excluding hydrogens is 494 g/mol. The first-order chi connectivity index (χ1) is 17.7. The van der Waals surface area contributed by atoms with E-state index in [9.17, 15) is 18.0 Å². The lowest BCUT2D eigenvalue weighted by Crippen LogP contribution is -2.53. The molecule has 1 aliphatic carbocycles. The van der Waals surface area contributed by atoms with E-state index in [4.69, 9.17) is 9.47 Å². The Labute approximate surface area is 219 Å². The molecule has 0 radical (unpaired) electrons. The first kappa shape index (κ1) is 28.3. The molecule has 0 aromatic heterocycles. The van der Waals surface area contributed by atoms with E-state index in [1.165, 1.54) is 12.0 Å². The number of amides is 2. The van der Waals surface area contributed by atoms with Crippen molar-refractivity contribution in [1.29, 1.82) is 0 Å². The van der Waals surface area contributed by atoms with Crippen molar-refractivity contribution in [1.82, 2.24) is 10.2 Å². The second kappa shape index (κ2) is 12.8. The van der Waals surface area contributed by atoms with Crippen molar-refractivity contribution in [2.75, 3.05) is 31.3 Å². The number of nitrogens with one attached hydrogen (secondary N) is 1. The number of rotatable bonds is 12. The van der Waals surface area contributed by atoms with Gasteiger partial charge in [0.15, 0.2) is 0 Å². The van der Waals surface area contributed by atoms with Crippen molar-refractivity contribution >= 4 is 27.5 Å². The Morgan fingerprint density at radius 1 is 1.03 bits per heavy atom. The fourth-order valence-corrected chi connectivity index (χ4v) is 5.48. The van der Waals surface area contributed by atoms with Crippen LogP contribution in [0.4, 0.5) is 5.69 Å². The molecule has 1 saturated carbocycles. The van der Waals surface area contributed by atoms with Gasteiger partial charge in [-0.25, -0.2) is 8.42 Å². The van der Waals surface area contributed by atoms with E-state index in [1.54, 1.807) is 43.5 Å². The maximum Gasteiger partial charge on any atom is 0.244 e. The first-order valence-corrected chi connectivity index (χ1v) is 14.4. The summed E-state index contributed by atoms with van der Waals surface area (Å²) in [5.74, 6) is 0.388. The number of nitrogens with zero attached hydrogens (tertiary/aromatic N) is 2. The Hall–Kier alpha value is -3.27. The Bertz CT molecular complexity index is 1180. The van der Waals surface area contributed by atoms with Crippen LogP contribution in [0, 0.1) is 0 Å². The molecule has 3 rings (SSSR count). The van der Waals surface area contributed by atoms with Gasteiger partial charge in [0.2, 0.25) is 21.8 Å². The average molecular weight is 532 g/mol. The van der Waals surface area contributed by atoms with E-state index in [-0.39, 0.29) is 18.5 Å². The predicted molar refractivity (Wildman–Crippen MR) is 143 cm³/mol. The van der Waals surface area contributed by atoms with Crippen molar-refractivity contribution in [2.45, 2.75) is 57.7 Å². The zero-order valence-corrected chi connectivity index (χ0v) is 22.8. The second-order valence-corrected chi connectivity index (χ2v) is 11.2. The molecule has 0 heterocycles. The minimum absolute atomic E-state index is 0.0969. The van der Waals surface area contributed by atoms with Crippen LogP contribution in [0.2, 0.25) is 0 Å². The van der Waals surface area contributed by atoms with Crippen molar-refractivity contribution in [2.24, 2.45) is 0 Å². The number of carbonyl (C=O) groups is 2. The molecule has 0 bridgehead atoms. The zero-order chi connectivity index (χ0) is 27.0. The van der Waals surface area contributed by atoms with Crippen molar-refractivity contribution in [3.63, 3.8) is 0 Å². The Morgan fingerprint density at radius 3 is 2.24 bits per heavy atom. The summed E-state index contributed by atoms with van der Waals surface area (Å²) in [5.41, 5.74) is 1.08. The minimum Gasteiger partial charge on any atom is -0.497 e.